The van der Waals surface area contributed by atoms with Crippen molar-refractivity contribution < 1.29 is 14.3 Å². The van der Waals surface area contributed by atoms with Crippen molar-refractivity contribution >= 4 is 17.5 Å². The fraction of sp³-hybridized carbons (Fsp3) is 0.680. The van der Waals surface area contributed by atoms with E-state index < -0.39 is 0 Å². The lowest BCUT2D eigenvalue weighted by atomic mass is 9.49. The number of carbonyl (C=O) groups excluding carboxylic acids is 2. The molecule has 6 rings (SSSR count). The number of rotatable bonds is 6. The zero-order valence-electron chi connectivity index (χ0n) is 18.6. The van der Waals surface area contributed by atoms with Gasteiger partial charge >= 0.3 is 0 Å². The lowest BCUT2D eigenvalue weighted by molar-refractivity contribution is -0.146. The Morgan fingerprint density at radius 3 is 2.23 bits per heavy atom. The van der Waals surface area contributed by atoms with Crippen molar-refractivity contribution in [2.45, 2.75) is 44.9 Å². The largest absolute Gasteiger partial charge is 0.495 e. The average Bonchev–Trinajstić information content (AvgIpc) is 2.78. The third-order valence-corrected chi connectivity index (χ3v) is 8.20. The van der Waals surface area contributed by atoms with Crippen LogP contribution in [0, 0.1) is 23.2 Å². The number of methoxy groups -OCH3 is 1. The summed E-state index contributed by atoms with van der Waals surface area (Å²) in [6.07, 6.45) is 7.63. The monoisotopic (exact) mass is 425 g/mol. The van der Waals surface area contributed by atoms with E-state index in [9.17, 15) is 9.59 Å². The maximum absolute atomic E-state index is 13.1. The van der Waals surface area contributed by atoms with Gasteiger partial charge in [0.2, 0.25) is 11.8 Å². The summed E-state index contributed by atoms with van der Waals surface area (Å²) >= 11 is 0. The van der Waals surface area contributed by atoms with Gasteiger partial charge in [-0.25, -0.2) is 0 Å². The van der Waals surface area contributed by atoms with Crippen LogP contribution in [0.4, 0.5) is 5.69 Å². The average molecular weight is 426 g/mol. The Morgan fingerprint density at radius 2 is 1.61 bits per heavy atom. The number of hydrogen-bond donors (Lipinski definition) is 1. The molecular formula is C25H35N3O3. The van der Waals surface area contributed by atoms with Gasteiger partial charge < -0.3 is 19.9 Å². The minimum absolute atomic E-state index is 0.127. The number of ether oxygens (including phenoxy) is 1. The third-order valence-electron chi connectivity index (χ3n) is 8.20. The molecule has 5 fully saturated rings. The molecule has 2 amide bonds. The minimum Gasteiger partial charge on any atom is -0.495 e. The van der Waals surface area contributed by atoms with Crippen LogP contribution in [0.3, 0.4) is 0 Å². The first-order valence-corrected chi connectivity index (χ1v) is 12.0. The van der Waals surface area contributed by atoms with Gasteiger partial charge in [0.1, 0.15) is 5.75 Å². The van der Waals surface area contributed by atoms with Crippen LogP contribution in [0.5, 0.6) is 5.75 Å². The van der Waals surface area contributed by atoms with Gasteiger partial charge in [0, 0.05) is 44.6 Å². The second-order valence-corrected chi connectivity index (χ2v) is 10.2. The molecule has 1 aromatic rings. The molecule has 4 saturated carbocycles. The molecule has 1 saturated heterocycles. The number of piperazine rings is 1. The molecule has 1 N–H and O–H groups in total. The second kappa shape index (κ2) is 8.36. The number of carbonyl (C=O) groups is 2. The van der Waals surface area contributed by atoms with Crippen LogP contribution >= 0.6 is 0 Å². The SMILES string of the molecule is COc1ccccc1N1CCN(C(=O)CCNC(=O)C23CC4CC(CC(C4)C2)C3)CC1. The Bertz CT molecular complexity index is 796. The maximum Gasteiger partial charge on any atom is 0.226 e. The molecule has 5 aliphatic rings. The summed E-state index contributed by atoms with van der Waals surface area (Å²) in [7, 11) is 1.69. The Labute approximate surface area is 185 Å². The van der Waals surface area contributed by atoms with E-state index in [0.29, 0.717) is 26.1 Å². The lowest BCUT2D eigenvalue weighted by Gasteiger charge is -2.55. The number of anilines is 1. The van der Waals surface area contributed by atoms with E-state index in [4.69, 9.17) is 4.74 Å². The molecule has 0 atom stereocenters. The highest BCUT2D eigenvalue weighted by Crippen LogP contribution is 2.60. The molecule has 1 aliphatic heterocycles. The van der Waals surface area contributed by atoms with E-state index in [1.54, 1.807) is 7.11 Å². The molecule has 4 aliphatic carbocycles. The van der Waals surface area contributed by atoms with E-state index in [-0.39, 0.29) is 17.2 Å². The molecule has 0 spiro atoms. The summed E-state index contributed by atoms with van der Waals surface area (Å²) in [5.41, 5.74) is 0.956. The molecule has 4 bridgehead atoms. The van der Waals surface area contributed by atoms with Crippen LogP contribution in [-0.2, 0) is 9.59 Å². The van der Waals surface area contributed by atoms with Gasteiger partial charge in [0.15, 0.2) is 0 Å². The first-order valence-electron chi connectivity index (χ1n) is 12.0. The number of para-hydroxylation sites is 2. The van der Waals surface area contributed by atoms with Crippen molar-refractivity contribution in [3.8, 4) is 5.75 Å². The fourth-order valence-electron chi connectivity index (χ4n) is 7.11. The van der Waals surface area contributed by atoms with Crippen molar-refractivity contribution in [3.63, 3.8) is 0 Å². The molecule has 1 heterocycles. The van der Waals surface area contributed by atoms with Gasteiger partial charge in [0.05, 0.1) is 12.8 Å². The van der Waals surface area contributed by atoms with E-state index in [1.807, 2.05) is 23.1 Å². The number of nitrogens with one attached hydrogen (secondary N) is 1. The molecule has 6 nitrogen and oxygen atoms in total. The van der Waals surface area contributed by atoms with Crippen LogP contribution < -0.4 is 15.0 Å². The van der Waals surface area contributed by atoms with E-state index in [0.717, 1.165) is 61.5 Å². The summed E-state index contributed by atoms with van der Waals surface area (Å²) < 4.78 is 5.47. The normalized spacial score (nSPS) is 31.6. The highest BCUT2D eigenvalue weighted by Gasteiger charge is 2.54. The Kier molecular flexibility index (Phi) is 5.57. The van der Waals surface area contributed by atoms with Crippen molar-refractivity contribution in [1.82, 2.24) is 10.2 Å². The van der Waals surface area contributed by atoms with E-state index in [1.165, 1.54) is 19.3 Å². The third kappa shape index (κ3) is 4.01. The van der Waals surface area contributed by atoms with Crippen molar-refractivity contribution in [3.05, 3.63) is 24.3 Å². The minimum atomic E-state index is -0.127. The van der Waals surface area contributed by atoms with Crippen molar-refractivity contribution in [2.75, 3.05) is 44.7 Å². The number of nitrogens with zero attached hydrogens (tertiary/aromatic N) is 2. The zero-order valence-corrected chi connectivity index (χ0v) is 18.6. The van der Waals surface area contributed by atoms with Crippen LogP contribution in [0.2, 0.25) is 0 Å². The summed E-state index contributed by atoms with van der Waals surface area (Å²) in [5.74, 6) is 3.52. The first kappa shape index (κ1) is 20.7. The quantitative estimate of drug-likeness (QED) is 0.761. The molecule has 0 unspecified atom stereocenters. The summed E-state index contributed by atoms with van der Waals surface area (Å²) in [5, 5.41) is 3.15. The number of amides is 2. The Balaban J connectivity index is 1.08. The summed E-state index contributed by atoms with van der Waals surface area (Å²) in [6.45, 7) is 3.48. The smallest absolute Gasteiger partial charge is 0.226 e. The molecule has 1 aromatic carbocycles. The molecule has 0 radical (unpaired) electrons. The fourth-order valence-corrected chi connectivity index (χ4v) is 7.11. The van der Waals surface area contributed by atoms with Crippen LogP contribution in [0.15, 0.2) is 24.3 Å². The lowest BCUT2D eigenvalue weighted by Crippen LogP contribution is -2.54. The van der Waals surface area contributed by atoms with Crippen molar-refractivity contribution in [1.29, 1.82) is 0 Å². The van der Waals surface area contributed by atoms with Gasteiger partial charge in [-0.15, -0.1) is 0 Å². The highest BCUT2D eigenvalue weighted by atomic mass is 16.5. The molecule has 0 aromatic heterocycles. The van der Waals surface area contributed by atoms with Crippen molar-refractivity contribution in [2.24, 2.45) is 23.2 Å². The molecular weight excluding hydrogens is 390 g/mol. The Morgan fingerprint density at radius 1 is 1.00 bits per heavy atom. The molecule has 31 heavy (non-hydrogen) atoms. The first-order chi connectivity index (χ1) is 15.1. The zero-order chi connectivity index (χ0) is 21.4. The highest BCUT2D eigenvalue weighted by molar-refractivity contribution is 5.84. The summed E-state index contributed by atoms with van der Waals surface area (Å²) in [6, 6.07) is 8.03. The topological polar surface area (TPSA) is 61.9 Å². The molecule has 168 valence electrons. The van der Waals surface area contributed by atoms with Gasteiger partial charge in [-0.1, -0.05) is 12.1 Å². The van der Waals surface area contributed by atoms with E-state index in [2.05, 4.69) is 16.3 Å². The van der Waals surface area contributed by atoms with Crippen LogP contribution in [-0.4, -0.2) is 56.5 Å². The van der Waals surface area contributed by atoms with Gasteiger partial charge in [-0.3, -0.25) is 9.59 Å². The van der Waals surface area contributed by atoms with Gasteiger partial charge in [-0.05, 0) is 68.4 Å². The van der Waals surface area contributed by atoms with Crippen LogP contribution in [0.1, 0.15) is 44.9 Å². The standard InChI is InChI=1S/C25H35N3O3/c1-31-22-5-3-2-4-21(22)27-8-10-28(11-9-27)23(29)6-7-26-24(30)25-15-18-12-19(16-25)14-20(13-18)17-25/h2-5,18-20H,6-17H2,1H3,(H,26,30). The Hall–Kier alpha value is -2.24. The second-order valence-electron chi connectivity index (χ2n) is 10.2. The van der Waals surface area contributed by atoms with E-state index >= 15 is 0 Å². The predicted molar refractivity (Wildman–Crippen MR) is 120 cm³/mol. The van der Waals surface area contributed by atoms with Gasteiger partial charge in [0.25, 0.3) is 0 Å². The van der Waals surface area contributed by atoms with Gasteiger partial charge in [-0.2, -0.15) is 0 Å². The maximum atomic E-state index is 13.1. The van der Waals surface area contributed by atoms with Crippen LogP contribution in [0.25, 0.3) is 0 Å². The molecule has 6 heteroatoms. The number of hydrogen-bond acceptors (Lipinski definition) is 4. The summed E-state index contributed by atoms with van der Waals surface area (Å²) in [4.78, 5) is 30.0. The predicted octanol–water partition coefficient (Wildman–Crippen LogP) is 3.07. The number of benzene rings is 1.